The van der Waals surface area contributed by atoms with Crippen molar-refractivity contribution in [2.45, 2.75) is 19.4 Å². The molecule has 6 nitrogen and oxygen atoms in total. The van der Waals surface area contributed by atoms with E-state index in [1.165, 1.54) is 0 Å². The van der Waals surface area contributed by atoms with Gasteiger partial charge in [0.05, 0.1) is 6.54 Å². The van der Waals surface area contributed by atoms with Crippen LogP contribution in [0, 0.1) is 0 Å². The van der Waals surface area contributed by atoms with Crippen LogP contribution < -0.4 is 10.2 Å². The molecule has 0 saturated carbocycles. The SMILES string of the molecule is CC1(C)C(=O)NC(=O)CN1c1nnc(Cl)c2ccccc12. The first-order valence-electron chi connectivity index (χ1n) is 6.44. The minimum absolute atomic E-state index is 0.0407. The van der Waals surface area contributed by atoms with Gasteiger partial charge in [-0.15, -0.1) is 10.2 Å². The van der Waals surface area contributed by atoms with Crippen molar-refractivity contribution in [3.63, 3.8) is 0 Å². The summed E-state index contributed by atoms with van der Waals surface area (Å²) in [6.45, 7) is 3.51. The molecule has 1 aromatic heterocycles. The molecule has 21 heavy (non-hydrogen) atoms. The molecule has 1 aliphatic heterocycles. The Morgan fingerprint density at radius 3 is 2.57 bits per heavy atom. The van der Waals surface area contributed by atoms with Crippen LogP contribution in [0.15, 0.2) is 24.3 Å². The first-order chi connectivity index (χ1) is 9.91. The van der Waals surface area contributed by atoms with Gasteiger partial charge in [0.2, 0.25) is 5.91 Å². The van der Waals surface area contributed by atoms with Gasteiger partial charge in [0.15, 0.2) is 11.0 Å². The molecule has 1 saturated heterocycles. The predicted octanol–water partition coefficient (Wildman–Crippen LogP) is 1.52. The largest absolute Gasteiger partial charge is 0.331 e. The van der Waals surface area contributed by atoms with Crippen LogP contribution in [0.2, 0.25) is 5.15 Å². The molecule has 108 valence electrons. The van der Waals surface area contributed by atoms with Crippen LogP contribution in [0.5, 0.6) is 0 Å². The third-order valence-corrected chi connectivity index (χ3v) is 3.94. The summed E-state index contributed by atoms with van der Waals surface area (Å²) in [4.78, 5) is 25.4. The average molecular weight is 305 g/mol. The minimum atomic E-state index is -0.904. The zero-order valence-electron chi connectivity index (χ0n) is 11.6. The van der Waals surface area contributed by atoms with Crippen LogP contribution in [-0.4, -0.2) is 34.1 Å². The Labute approximate surface area is 126 Å². The number of amides is 2. The molecule has 3 rings (SSSR count). The maximum Gasteiger partial charge on any atom is 0.251 e. The van der Waals surface area contributed by atoms with Crippen LogP contribution in [0.25, 0.3) is 10.8 Å². The fourth-order valence-corrected chi connectivity index (χ4v) is 2.58. The summed E-state index contributed by atoms with van der Waals surface area (Å²) >= 11 is 6.06. The van der Waals surface area contributed by atoms with Crippen molar-refractivity contribution in [1.82, 2.24) is 15.5 Å². The van der Waals surface area contributed by atoms with Crippen LogP contribution >= 0.6 is 11.6 Å². The molecule has 1 aromatic carbocycles. The normalized spacial score (nSPS) is 18.0. The second-order valence-corrected chi connectivity index (χ2v) is 5.74. The number of anilines is 1. The number of carbonyl (C=O) groups excluding carboxylic acids is 2. The van der Waals surface area contributed by atoms with Crippen molar-refractivity contribution in [2.75, 3.05) is 11.4 Å². The van der Waals surface area contributed by atoms with E-state index in [0.29, 0.717) is 11.0 Å². The number of halogens is 1. The van der Waals surface area contributed by atoms with Crippen molar-refractivity contribution in [2.24, 2.45) is 0 Å². The van der Waals surface area contributed by atoms with E-state index in [1.807, 2.05) is 24.3 Å². The van der Waals surface area contributed by atoms with Gasteiger partial charge < -0.3 is 4.90 Å². The van der Waals surface area contributed by atoms with Gasteiger partial charge in [-0.1, -0.05) is 35.9 Å². The van der Waals surface area contributed by atoms with Gasteiger partial charge in [-0.3, -0.25) is 14.9 Å². The molecular weight excluding hydrogens is 292 g/mol. The Kier molecular flexibility index (Phi) is 3.06. The van der Waals surface area contributed by atoms with Gasteiger partial charge >= 0.3 is 0 Å². The maximum absolute atomic E-state index is 12.1. The molecule has 7 heteroatoms. The lowest BCUT2D eigenvalue weighted by molar-refractivity contribution is -0.135. The summed E-state index contributed by atoms with van der Waals surface area (Å²) in [6.07, 6.45) is 0. The lowest BCUT2D eigenvalue weighted by Gasteiger charge is -2.41. The Bertz CT molecular complexity index is 760. The molecular formula is C14H13ClN4O2. The van der Waals surface area contributed by atoms with Crippen molar-refractivity contribution in [3.8, 4) is 0 Å². The van der Waals surface area contributed by atoms with Gasteiger partial charge in [0, 0.05) is 10.8 Å². The number of benzene rings is 1. The number of imide groups is 1. The summed E-state index contributed by atoms with van der Waals surface area (Å²) < 4.78 is 0. The highest BCUT2D eigenvalue weighted by Gasteiger charge is 2.42. The first kappa shape index (κ1) is 13.8. The molecule has 2 amide bonds. The minimum Gasteiger partial charge on any atom is -0.331 e. The lowest BCUT2D eigenvalue weighted by atomic mass is 9.98. The Hall–Kier alpha value is -2.21. The van der Waals surface area contributed by atoms with E-state index in [0.717, 1.165) is 10.8 Å². The Morgan fingerprint density at radius 2 is 1.86 bits per heavy atom. The summed E-state index contributed by atoms with van der Waals surface area (Å²) in [5.74, 6) is -0.247. The average Bonchev–Trinajstić information content (AvgIpc) is 2.44. The fraction of sp³-hybridized carbons (Fsp3) is 0.286. The highest BCUT2D eigenvalue weighted by molar-refractivity contribution is 6.34. The van der Waals surface area contributed by atoms with Crippen molar-refractivity contribution < 1.29 is 9.59 Å². The van der Waals surface area contributed by atoms with Crippen molar-refractivity contribution >= 4 is 40.0 Å². The number of nitrogens with one attached hydrogen (secondary N) is 1. The summed E-state index contributed by atoms with van der Waals surface area (Å²) in [7, 11) is 0. The summed E-state index contributed by atoms with van der Waals surface area (Å²) in [5, 5.41) is 12.2. The number of nitrogens with zero attached hydrogens (tertiary/aromatic N) is 3. The predicted molar refractivity (Wildman–Crippen MR) is 79.1 cm³/mol. The van der Waals surface area contributed by atoms with Crippen LogP contribution in [-0.2, 0) is 9.59 Å². The Morgan fingerprint density at radius 1 is 1.19 bits per heavy atom. The van der Waals surface area contributed by atoms with Gasteiger partial charge in [-0.05, 0) is 13.8 Å². The molecule has 0 bridgehead atoms. The molecule has 0 radical (unpaired) electrons. The number of aromatic nitrogens is 2. The highest BCUT2D eigenvalue weighted by Crippen LogP contribution is 2.32. The van der Waals surface area contributed by atoms with Gasteiger partial charge in [0.1, 0.15) is 5.54 Å². The number of fused-ring (bicyclic) bond motifs is 1. The van der Waals surface area contributed by atoms with Gasteiger partial charge in [-0.2, -0.15) is 0 Å². The van der Waals surface area contributed by atoms with Crippen LogP contribution in [0.3, 0.4) is 0 Å². The Balaban J connectivity index is 2.22. The van der Waals surface area contributed by atoms with E-state index in [-0.39, 0.29) is 18.4 Å². The van der Waals surface area contributed by atoms with E-state index in [1.54, 1.807) is 18.7 Å². The molecule has 0 unspecified atom stereocenters. The standard InChI is InChI=1S/C14H13ClN4O2/c1-14(2)13(21)16-10(20)7-19(14)12-9-6-4-3-5-8(9)11(15)17-18-12/h3-6H,7H2,1-2H3,(H,16,20,21). The number of rotatable bonds is 1. The highest BCUT2D eigenvalue weighted by atomic mass is 35.5. The van der Waals surface area contributed by atoms with E-state index in [2.05, 4.69) is 15.5 Å². The van der Waals surface area contributed by atoms with E-state index >= 15 is 0 Å². The quantitative estimate of drug-likeness (QED) is 0.809. The molecule has 1 N–H and O–H groups in total. The van der Waals surface area contributed by atoms with Crippen LogP contribution in [0.4, 0.5) is 5.82 Å². The zero-order valence-corrected chi connectivity index (χ0v) is 12.3. The lowest BCUT2D eigenvalue weighted by Crippen LogP contribution is -2.64. The molecule has 0 aliphatic carbocycles. The molecule has 0 spiro atoms. The summed E-state index contributed by atoms with van der Waals surface area (Å²) in [5.41, 5.74) is -0.904. The molecule has 0 atom stereocenters. The topological polar surface area (TPSA) is 75.2 Å². The monoisotopic (exact) mass is 304 g/mol. The van der Waals surface area contributed by atoms with Crippen molar-refractivity contribution in [1.29, 1.82) is 0 Å². The van der Waals surface area contributed by atoms with E-state index < -0.39 is 5.54 Å². The van der Waals surface area contributed by atoms with Gasteiger partial charge in [0.25, 0.3) is 5.91 Å². The van der Waals surface area contributed by atoms with Gasteiger partial charge in [-0.25, -0.2) is 0 Å². The maximum atomic E-state index is 12.1. The zero-order chi connectivity index (χ0) is 15.2. The smallest absolute Gasteiger partial charge is 0.251 e. The number of piperazine rings is 1. The van der Waals surface area contributed by atoms with E-state index in [4.69, 9.17) is 11.6 Å². The summed E-state index contributed by atoms with van der Waals surface area (Å²) in [6, 6.07) is 7.37. The van der Waals surface area contributed by atoms with E-state index in [9.17, 15) is 9.59 Å². The number of carbonyl (C=O) groups is 2. The second-order valence-electron chi connectivity index (χ2n) is 5.38. The molecule has 1 aliphatic rings. The molecule has 2 aromatic rings. The third-order valence-electron chi connectivity index (χ3n) is 3.66. The van der Waals surface area contributed by atoms with Crippen LogP contribution in [0.1, 0.15) is 13.8 Å². The fourth-order valence-electron chi connectivity index (χ4n) is 2.38. The first-order valence-corrected chi connectivity index (χ1v) is 6.82. The molecule has 2 heterocycles. The number of hydrogen-bond acceptors (Lipinski definition) is 5. The number of hydrogen-bond donors (Lipinski definition) is 1. The second kappa shape index (κ2) is 4.66. The van der Waals surface area contributed by atoms with Crippen molar-refractivity contribution in [3.05, 3.63) is 29.4 Å². The molecule has 1 fully saturated rings. The third kappa shape index (κ3) is 2.12.